The SMILES string of the molecule is [Si]Cc1ccc(I)c(I)c1. The van der Waals surface area contributed by atoms with Gasteiger partial charge in [-0.1, -0.05) is 11.6 Å². The van der Waals surface area contributed by atoms with Crippen molar-refractivity contribution in [2.24, 2.45) is 0 Å². The molecule has 0 aliphatic carbocycles. The third-order valence-electron chi connectivity index (χ3n) is 1.19. The highest BCUT2D eigenvalue weighted by atomic mass is 127. The van der Waals surface area contributed by atoms with Crippen molar-refractivity contribution in [1.82, 2.24) is 0 Å². The topological polar surface area (TPSA) is 0 Å². The second-order valence-corrected chi connectivity index (χ2v) is 4.60. The molecule has 0 atom stereocenters. The predicted octanol–water partition coefficient (Wildman–Crippen LogP) is 2.56. The molecule has 0 nitrogen and oxygen atoms in total. The zero-order valence-corrected chi connectivity index (χ0v) is 10.5. The van der Waals surface area contributed by atoms with Crippen molar-refractivity contribution in [3.63, 3.8) is 0 Å². The fraction of sp³-hybridized carbons (Fsp3) is 0.143. The van der Waals surface area contributed by atoms with Crippen LogP contribution in [0.15, 0.2) is 18.2 Å². The Kier molecular flexibility index (Phi) is 3.65. The van der Waals surface area contributed by atoms with Crippen LogP contribution in [-0.4, -0.2) is 10.2 Å². The number of hydrogen-bond acceptors (Lipinski definition) is 0. The number of hydrogen-bond donors (Lipinski definition) is 0. The molecule has 51 valence electrons. The summed E-state index contributed by atoms with van der Waals surface area (Å²) in [6.07, 6.45) is 0. The van der Waals surface area contributed by atoms with Gasteiger partial charge in [-0.2, -0.15) is 0 Å². The maximum absolute atomic E-state index is 3.46. The summed E-state index contributed by atoms with van der Waals surface area (Å²) in [5.74, 6) is 0. The van der Waals surface area contributed by atoms with E-state index in [-0.39, 0.29) is 0 Å². The Morgan fingerprint density at radius 2 is 1.90 bits per heavy atom. The Balaban J connectivity index is 3.04. The molecule has 0 spiro atoms. The molecule has 0 bridgehead atoms. The summed E-state index contributed by atoms with van der Waals surface area (Å²) >= 11 is 4.68. The molecule has 0 aliphatic heterocycles. The molecular formula is C7H5I2Si. The van der Waals surface area contributed by atoms with Gasteiger partial charge in [0, 0.05) is 17.4 Å². The summed E-state index contributed by atoms with van der Waals surface area (Å²) in [4.78, 5) is 0. The first-order valence-electron chi connectivity index (χ1n) is 2.82. The summed E-state index contributed by atoms with van der Waals surface area (Å²) in [5.41, 5.74) is 1.33. The van der Waals surface area contributed by atoms with E-state index < -0.39 is 0 Å². The first-order valence-corrected chi connectivity index (χ1v) is 5.69. The molecule has 0 amide bonds. The average molecular weight is 371 g/mol. The van der Waals surface area contributed by atoms with Gasteiger partial charge in [-0.3, -0.25) is 0 Å². The molecule has 0 aliphatic rings. The summed E-state index contributed by atoms with van der Waals surface area (Å²) in [7, 11) is 3.46. The predicted molar refractivity (Wildman–Crippen MR) is 61.3 cm³/mol. The first-order chi connectivity index (χ1) is 4.74. The average Bonchev–Trinajstić information content (AvgIpc) is 1.95. The van der Waals surface area contributed by atoms with Crippen molar-refractivity contribution in [1.29, 1.82) is 0 Å². The normalized spacial score (nSPS) is 9.90. The van der Waals surface area contributed by atoms with Gasteiger partial charge in [-0.05, 0) is 63.4 Å². The van der Waals surface area contributed by atoms with E-state index in [1.807, 2.05) is 0 Å². The maximum atomic E-state index is 3.46. The van der Waals surface area contributed by atoms with Gasteiger partial charge in [0.15, 0.2) is 0 Å². The Morgan fingerprint density at radius 1 is 1.20 bits per heavy atom. The molecule has 3 heteroatoms. The Labute approximate surface area is 91.5 Å². The summed E-state index contributed by atoms with van der Waals surface area (Å²) in [5, 5.41) is 0. The van der Waals surface area contributed by atoms with Crippen LogP contribution < -0.4 is 0 Å². The van der Waals surface area contributed by atoms with Gasteiger partial charge in [0.1, 0.15) is 0 Å². The molecule has 0 aromatic heterocycles. The largest absolute Gasteiger partial charge is 0.0582 e. The van der Waals surface area contributed by atoms with Gasteiger partial charge in [-0.15, -0.1) is 0 Å². The highest BCUT2D eigenvalue weighted by Crippen LogP contribution is 2.16. The molecule has 10 heavy (non-hydrogen) atoms. The van der Waals surface area contributed by atoms with Crippen LogP contribution in [0.4, 0.5) is 0 Å². The minimum Gasteiger partial charge on any atom is -0.0582 e. The lowest BCUT2D eigenvalue weighted by atomic mass is 10.2. The third-order valence-corrected chi connectivity index (χ3v) is 4.46. The second kappa shape index (κ2) is 4.06. The van der Waals surface area contributed by atoms with E-state index in [2.05, 4.69) is 73.6 Å². The van der Waals surface area contributed by atoms with Gasteiger partial charge >= 0.3 is 0 Å². The van der Waals surface area contributed by atoms with Crippen LogP contribution in [0.5, 0.6) is 0 Å². The van der Waals surface area contributed by atoms with Gasteiger partial charge < -0.3 is 0 Å². The molecule has 0 saturated heterocycles. The van der Waals surface area contributed by atoms with Gasteiger partial charge in [0.25, 0.3) is 0 Å². The quantitative estimate of drug-likeness (QED) is 0.526. The fourth-order valence-corrected chi connectivity index (χ4v) is 1.78. The third kappa shape index (κ3) is 2.20. The smallest absolute Gasteiger partial charge is 0.0283 e. The summed E-state index contributed by atoms with van der Waals surface area (Å²) in [6.45, 7) is 0. The molecule has 1 rings (SSSR count). The summed E-state index contributed by atoms with van der Waals surface area (Å²) < 4.78 is 2.65. The molecule has 0 fully saturated rings. The van der Waals surface area contributed by atoms with Gasteiger partial charge in [0.2, 0.25) is 0 Å². The maximum Gasteiger partial charge on any atom is 0.0283 e. The molecular weight excluding hydrogens is 366 g/mol. The molecule has 0 heterocycles. The van der Waals surface area contributed by atoms with Crippen molar-refractivity contribution < 1.29 is 0 Å². The Morgan fingerprint density at radius 3 is 2.40 bits per heavy atom. The number of rotatable bonds is 1. The number of benzene rings is 1. The van der Waals surface area contributed by atoms with Crippen LogP contribution in [0.2, 0.25) is 0 Å². The van der Waals surface area contributed by atoms with E-state index >= 15 is 0 Å². The fourth-order valence-electron chi connectivity index (χ4n) is 0.650. The van der Waals surface area contributed by atoms with E-state index in [1.165, 1.54) is 12.7 Å². The van der Waals surface area contributed by atoms with E-state index in [9.17, 15) is 0 Å². The minimum atomic E-state index is 0.937. The van der Waals surface area contributed by atoms with Gasteiger partial charge in [0.05, 0.1) is 0 Å². The second-order valence-electron chi connectivity index (χ2n) is 1.93. The highest BCUT2D eigenvalue weighted by Gasteiger charge is 1.95. The molecule has 3 radical (unpaired) electrons. The number of halogens is 2. The van der Waals surface area contributed by atoms with Crippen LogP contribution in [-0.2, 0) is 6.04 Å². The van der Waals surface area contributed by atoms with E-state index in [0.29, 0.717) is 0 Å². The molecule has 0 N–H and O–H groups in total. The zero-order chi connectivity index (χ0) is 7.56. The molecule has 1 aromatic carbocycles. The summed E-state index contributed by atoms with van der Waals surface area (Å²) in [6, 6.07) is 7.40. The van der Waals surface area contributed by atoms with Crippen LogP contribution >= 0.6 is 45.2 Å². The van der Waals surface area contributed by atoms with E-state index in [0.717, 1.165) is 6.04 Å². The lowest BCUT2D eigenvalue weighted by Crippen LogP contribution is -1.86. The highest BCUT2D eigenvalue weighted by molar-refractivity contribution is 14.1. The minimum absolute atomic E-state index is 0.937. The Hall–Kier alpha value is 0.897. The van der Waals surface area contributed by atoms with Crippen LogP contribution in [0.3, 0.4) is 0 Å². The van der Waals surface area contributed by atoms with Crippen LogP contribution in [0.25, 0.3) is 0 Å². The van der Waals surface area contributed by atoms with E-state index in [1.54, 1.807) is 0 Å². The molecule has 1 aromatic rings. The van der Waals surface area contributed by atoms with E-state index in [4.69, 9.17) is 0 Å². The van der Waals surface area contributed by atoms with Crippen LogP contribution in [0.1, 0.15) is 5.56 Å². The van der Waals surface area contributed by atoms with Crippen molar-refractivity contribution in [3.05, 3.63) is 30.9 Å². The van der Waals surface area contributed by atoms with Crippen molar-refractivity contribution in [2.75, 3.05) is 0 Å². The molecule has 0 unspecified atom stereocenters. The van der Waals surface area contributed by atoms with Crippen LogP contribution in [0, 0.1) is 7.14 Å². The Bertz CT molecular complexity index is 235. The lowest BCUT2D eigenvalue weighted by molar-refractivity contribution is 1.37. The van der Waals surface area contributed by atoms with Gasteiger partial charge in [-0.25, -0.2) is 0 Å². The van der Waals surface area contributed by atoms with Crippen molar-refractivity contribution >= 4 is 55.4 Å². The monoisotopic (exact) mass is 371 g/mol. The first kappa shape index (κ1) is 8.99. The zero-order valence-electron chi connectivity index (χ0n) is 5.20. The molecule has 0 saturated carbocycles. The van der Waals surface area contributed by atoms with Crippen molar-refractivity contribution in [3.8, 4) is 0 Å². The standard InChI is InChI=1S/C7H5I2Si/c8-6-2-1-5(4-10)3-7(6)9/h1-3H,4H2. The lowest BCUT2D eigenvalue weighted by Gasteiger charge is -1.98. The van der Waals surface area contributed by atoms with Crippen molar-refractivity contribution in [2.45, 2.75) is 6.04 Å².